The van der Waals surface area contributed by atoms with E-state index in [1.807, 2.05) is 9.80 Å². The summed E-state index contributed by atoms with van der Waals surface area (Å²) in [6, 6.07) is 0. The number of nitrogens with zero attached hydrogens (tertiary/aromatic N) is 3. The van der Waals surface area contributed by atoms with Crippen molar-refractivity contribution in [3.05, 3.63) is 0 Å². The molecule has 10 heteroatoms. The van der Waals surface area contributed by atoms with Gasteiger partial charge in [0.2, 0.25) is 0 Å². The standard InChI is InChI=1S/C19H37BN4O5/c1-16(25)12-23(13-17(2)26)10-8-22(7-6-21-20(5)29)9-11-24(14-18(3)27)15-19(4)28/h21,29H,6-15H2,1-5H3. The quantitative estimate of drug-likeness (QED) is 0.273. The lowest BCUT2D eigenvalue weighted by atomic mass is 9.89. The van der Waals surface area contributed by atoms with Crippen molar-refractivity contribution in [1.29, 1.82) is 0 Å². The smallest absolute Gasteiger partial charge is 0.373 e. The van der Waals surface area contributed by atoms with Crippen LogP contribution in [-0.2, 0) is 19.2 Å². The Balaban J connectivity index is 4.90. The van der Waals surface area contributed by atoms with Gasteiger partial charge in [-0.25, -0.2) is 0 Å². The summed E-state index contributed by atoms with van der Waals surface area (Å²) in [7, 11) is -0.615. The molecule has 29 heavy (non-hydrogen) atoms. The molecule has 0 spiro atoms. The first kappa shape index (κ1) is 27.5. The first-order valence-corrected chi connectivity index (χ1v) is 10.1. The first-order chi connectivity index (χ1) is 13.5. The Morgan fingerprint density at radius 2 is 0.966 bits per heavy atom. The lowest BCUT2D eigenvalue weighted by Gasteiger charge is -2.29. The van der Waals surface area contributed by atoms with Crippen molar-refractivity contribution in [2.24, 2.45) is 0 Å². The largest absolute Gasteiger partial charge is 0.437 e. The van der Waals surface area contributed by atoms with Gasteiger partial charge in [0, 0.05) is 32.7 Å². The average Bonchev–Trinajstić information content (AvgIpc) is 2.53. The predicted molar refractivity (Wildman–Crippen MR) is 114 cm³/mol. The van der Waals surface area contributed by atoms with Crippen LogP contribution >= 0.6 is 0 Å². The van der Waals surface area contributed by atoms with Crippen molar-refractivity contribution < 1.29 is 24.2 Å². The Labute approximate surface area is 174 Å². The maximum Gasteiger partial charge on any atom is 0.373 e. The Bertz CT molecular complexity index is 473. The van der Waals surface area contributed by atoms with Crippen LogP contribution in [0.25, 0.3) is 0 Å². The third-order valence-corrected chi connectivity index (χ3v) is 4.12. The van der Waals surface area contributed by atoms with E-state index in [9.17, 15) is 24.2 Å². The maximum absolute atomic E-state index is 11.5. The summed E-state index contributed by atoms with van der Waals surface area (Å²) < 4.78 is 0. The fourth-order valence-electron chi connectivity index (χ4n) is 3.02. The molecule has 0 saturated heterocycles. The number of Topliss-reactive ketones (excluding diaryl/α,β-unsaturated/α-hetero) is 4. The van der Waals surface area contributed by atoms with Crippen LogP contribution in [0.1, 0.15) is 27.7 Å². The molecule has 2 N–H and O–H groups in total. The fraction of sp³-hybridized carbons (Fsp3) is 0.789. The molecule has 0 heterocycles. The van der Waals surface area contributed by atoms with Crippen molar-refractivity contribution >= 4 is 30.2 Å². The lowest BCUT2D eigenvalue weighted by Crippen LogP contribution is -2.46. The highest BCUT2D eigenvalue weighted by atomic mass is 16.2. The first-order valence-electron chi connectivity index (χ1n) is 10.1. The molecule has 0 aromatic rings. The zero-order chi connectivity index (χ0) is 22.4. The van der Waals surface area contributed by atoms with E-state index in [0.717, 1.165) is 0 Å². The van der Waals surface area contributed by atoms with Gasteiger partial charge in [0.25, 0.3) is 0 Å². The number of ketones is 4. The number of nitrogens with one attached hydrogen (secondary N) is 1. The van der Waals surface area contributed by atoms with Crippen LogP contribution in [0.2, 0.25) is 6.82 Å². The van der Waals surface area contributed by atoms with Crippen LogP contribution in [0, 0.1) is 0 Å². The molecular formula is C19H37BN4O5. The van der Waals surface area contributed by atoms with Crippen LogP contribution < -0.4 is 5.23 Å². The number of carbonyl (C=O) groups excluding carboxylic acids is 4. The minimum Gasteiger partial charge on any atom is -0.437 e. The minimum absolute atomic E-state index is 0.00247. The second-order valence-corrected chi connectivity index (χ2v) is 7.70. The van der Waals surface area contributed by atoms with Crippen LogP contribution in [0.4, 0.5) is 0 Å². The van der Waals surface area contributed by atoms with E-state index in [0.29, 0.717) is 39.3 Å². The summed E-state index contributed by atoms with van der Waals surface area (Å²) >= 11 is 0. The van der Waals surface area contributed by atoms with Gasteiger partial charge in [-0.3, -0.25) is 33.9 Å². The molecule has 0 radical (unpaired) electrons. The molecule has 0 amide bonds. The Morgan fingerprint density at radius 3 is 1.24 bits per heavy atom. The van der Waals surface area contributed by atoms with Crippen LogP contribution in [0.5, 0.6) is 0 Å². The van der Waals surface area contributed by atoms with E-state index in [1.54, 1.807) is 6.82 Å². The zero-order valence-electron chi connectivity index (χ0n) is 18.6. The number of hydrogen-bond acceptors (Lipinski definition) is 9. The molecule has 0 fully saturated rings. The van der Waals surface area contributed by atoms with Gasteiger partial charge in [0.05, 0.1) is 26.2 Å². The Hall–Kier alpha value is -1.46. The van der Waals surface area contributed by atoms with Crippen LogP contribution in [0.15, 0.2) is 0 Å². The second-order valence-electron chi connectivity index (χ2n) is 7.70. The molecular weight excluding hydrogens is 375 g/mol. The Kier molecular flexibility index (Phi) is 14.6. The summed E-state index contributed by atoms with van der Waals surface area (Å²) in [5.74, 6) is 0.00986. The van der Waals surface area contributed by atoms with Crippen LogP contribution in [0.3, 0.4) is 0 Å². The highest BCUT2D eigenvalue weighted by molar-refractivity contribution is 6.45. The van der Waals surface area contributed by atoms with E-state index in [-0.39, 0.29) is 49.3 Å². The fourth-order valence-corrected chi connectivity index (χ4v) is 3.02. The average molecular weight is 412 g/mol. The van der Waals surface area contributed by atoms with E-state index >= 15 is 0 Å². The van der Waals surface area contributed by atoms with Crippen molar-refractivity contribution in [3.8, 4) is 0 Å². The maximum atomic E-state index is 11.5. The molecule has 0 rings (SSSR count). The normalized spacial score (nSPS) is 11.3. The highest BCUT2D eigenvalue weighted by Gasteiger charge is 2.16. The van der Waals surface area contributed by atoms with Gasteiger partial charge in [-0.15, -0.1) is 0 Å². The molecule has 0 aliphatic rings. The van der Waals surface area contributed by atoms with Gasteiger partial charge in [-0.2, -0.15) is 0 Å². The van der Waals surface area contributed by atoms with E-state index in [1.165, 1.54) is 27.7 Å². The van der Waals surface area contributed by atoms with Gasteiger partial charge >= 0.3 is 7.05 Å². The summed E-state index contributed by atoms with van der Waals surface area (Å²) in [4.78, 5) is 51.7. The Morgan fingerprint density at radius 1 is 0.655 bits per heavy atom. The molecule has 9 nitrogen and oxygen atoms in total. The summed E-state index contributed by atoms with van der Waals surface area (Å²) in [6.07, 6.45) is 0. The molecule has 0 saturated carbocycles. The van der Waals surface area contributed by atoms with E-state index in [4.69, 9.17) is 0 Å². The van der Waals surface area contributed by atoms with Crippen molar-refractivity contribution in [2.75, 3.05) is 65.4 Å². The van der Waals surface area contributed by atoms with Gasteiger partial charge in [-0.1, -0.05) is 0 Å². The summed E-state index contributed by atoms with van der Waals surface area (Å²) in [5.41, 5.74) is 0. The number of rotatable bonds is 18. The molecule has 0 aromatic carbocycles. The van der Waals surface area contributed by atoms with Crippen molar-refractivity contribution in [3.63, 3.8) is 0 Å². The van der Waals surface area contributed by atoms with E-state index in [2.05, 4.69) is 10.1 Å². The van der Waals surface area contributed by atoms with Gasteiger partial charge in [0.1, 0.15) is 23.1 Å². The summed E-state index contributed by atoms with van der Waals surface area (Å²) in [5, 5.41) is 12.4. The predicted octanol–water partition coefficient (Wildman–Crippen LogP) is -1.05. The molecule has 166 valence electrons. The van der Waals surface area contributed by atoms with Gasteiger partial charge < -0.3 is 10.3 Å². The van der Waals surface area contributed by atoms with Gasteiger partial charge in [-0.05, 0) is 41.1 Å². The van der Waals surface area contributed by atoms with Crippen LogP contribution in [-0.4, -0.2) is 115 Å². The molecule has 0 unspecified atom stereocenters. The third kappa shape index (κ3) is 17.1. The second kappa shape index (κ2) is 15.4. The van der Waals surface area contributed by atoms with Gasteiger partial charge in [0.15, 0.2) is 0 Å². The third-order valence-electron chi connectivity index (χ3n) is 4.12. The molecule has 0 aliphatic carbocycles. The molecule has 0 aliphatic heterocycles. The topological polar surface area (TPSA) is 110 Å². The van der Waals surface area contributed by atoms with Crippen molar-refractivity contribution in [2.45, 2.75) is 34.5 Å². The molecule has 0 bridgehead atoms. The number of hydrogen-bond donors (Lipinski definition) is 2. The van der Waals surface area contributed by atoms with E-state index < -0.39 is 7.05 Å². The SMILES string of the molecule is CB(O)NCCN(CCN(CC(C)=O)CC(C)=O)CCN(CC(C)=O)CC(C)=O. The monoisotopic (exact) mass is 412 g/mol. The number of carbonyl (C=O) groups is 4. The lowest BCUT2D eigenvalue weighted by molar-refractivity contribution is -0.122. The van der Waals surface area contributed by atoms with Crippen molar-refractivity contribution in [1.82, 2.24) is 19.9 Å². The summed E-state index contributed by atoms with van der Waals surface area (Å²) in [6.45, 7) is 12.1. The molecule has 0 aromatic heterocycles. The zero-order valence-corrected chi connectivity index (χ0v) is 18.6. The minimum atomic E-state index is -0.615. The highest BCUT2D eigenvalue weighted by Crippen LogP contribution is 1.98. The molecule has 0 atom stereocenters.